The second-order valence-electron chi connectivity index (χ2n) is 6.55. The topological polar surface area (TPSA) is 76.1 Å². The van der Waals surface area contributed by atoms with Crippen molar-refractivity contribution in [2.75, 3.05) is 20.8 Å². The summed E-state index contributed by atoms with van der Waals surface area (Å²) in [6.45, 7) is 4.14. The van der Waals surface area contributed by atoms with Crippen LogP contribution in [0.25, 0.3) is 6.08 Å². The van der Waals surface area contributed by atoms with Crippen molar-refractivity contribution in [1.29, 1.82) is 0 Å². The van der Waals surface area contributed by atoms with E-state index in [1.54, 1.807) is 19.2 Å². The SMILES string of the molecule is COc1cc(/C=C/C(=O)OCC(=O)N(C)Cc2ccc(C)cc2C)ccc1O. The molecule has 0 radical (unpaired) electrons. The molecule has 2 aromatic carbocycles. The Balaban J connectivity index is 1.86. The van der Waals surface area contributed by atoms with Crippen LogP contribution in [-0.2, 0) is 20.9 Å². The molecule has 0 heterocycles. The van der Waals surface area contributed by atoms with Crippen molar-refractivity contribution in [3.8, 4) is 11.5 Å². The van der Waals surface area contributed by atoms with Gasteiger partial charge in [-0.05, 0) is 48.7 Å². The Morgan fingerprint density at radius 1 is 1.14 bits per heavy atom. The van der Waals surface area contributed by atoms with Crippen LogP contribution in [0.15, 0.2) is 42.5 Å². The number of rotatable bonds is 7. The summed E-state index contributed by atoms with van der Waals surface area (Å²) in [5.74, 6) is -0.591. The van der Waals surface area contributed by atoms with E-state index < -0.39 is 5.97 Å². The van der Waals surface area contributed by atoms with Gasteiger partial charge in [-0.1, -0.05) is 29.8 Å². The highest BCUT2D eigenvalue weighted by Crippen LogP contribution is 2.26. The first-order chi connectivity index (χ1) is 13.3. The summed E-state index contributed by atoms with van der Waals surface area (Å²) in [6, 6.07) is 10.7. The number of methoxy groups -OCH3 is 1. The molecule has 6 nitrogen and oxygen atoms in total. The van der Waals surface area contributed by atoms with E-state index in [1.807, 2.05) is 26.0 Å². The first-order valence-electron chi connectivity index (χ1n) is 8.82. The third kappa shape index (κ3) is 5.87. The van der Waals surface area contributed by atoms with E-state index in [2.05, 4.69) is 6.07 Å². The van der Waals surface area contributed by atoms with Gasteiger partial charge in [0.15, 0.2) is 18.1 Å². The maximum Gasteiger partial charge on any atom is 0.331 e. The van der Waals surface area contributed by atoms with Crippen molar-refractivity contribution in [3.05, 3.63) is 64.7 Å². The molecule has 0 aliphatic carbocycles. The molecule has 0 aromatic heterocycles. The molecule has 0 aliphatic heterocycles. The number of phenolic OH excluding ortho intramolecular Hbond substituents is 1. The number of benzene rings is 2. The summed E-state index contributed by atoms with van der Waals surface area (Å²) in [6.07, 6.45) is 2.75. The highest BCUT2D eigenvalue weighted by atomic mass is 16.5. The van der Waals surface area contributed by atoms with E-state index in [4.69, 9.17) is 9.47 Å². The first-order valence-corrected chi connectivity index (χ1v) is 8.82. The zero-order valence-electron chi connectivity index (χ0n) is 16.6. The number of hydrogen-bond acceptors (Lipinski definition) is 5. The number of carbonyl (C=O) groups is 2. The molecule has 0 bridgehead atoms. The Labute approximate surface area is 165 Å². The largest absolute Gasteiger partial charge is 0.504 e. The van der Waals surface area contributed by atoms with Gasteiger partial charge in [-0.15, -0.1) is 0 Å². The van der Waals surface area contributed by atoms with Crippen LogP contribution in [0.2, 0.25) is 0 Å². The van der Waals surface area contributed by atoms with Gasteiger partial charge >= 0.3 is 5.97 Å². The number of aryl methyl sites for hydroxylation is 2. The number of carbonyl (C=O) groups excluding carboxylic acids is 2. The highest BCUT2D eigenvalue weighted by Gasteiger charge is 2.12. The molecule has 0 fully saturated rings. The van der Waals surface area contributed by atoms with Crippen molar-refractivity contribution >= 4 is 18.0 Å². The van der Waals surface area contributed by atoms with E-state index in [9.17, 15) is 14.7 Å². The Morgan fingerprint density at radius 3 is 2.57 bits per heavy atom. The number of likely N-dealkylation sites (N-methyl/N-ethyl adjacent to an activating group) is 1. The van der Waals surface area contributed by atoms with E-state index in [0.29, 0.717) is 17.9 Å². The van der Waals surface area contributed by atoms with Gasteiger partial charge in [0.2, 0.25) is 0 Å². The Kier molecular flexibility index (Phi) is 7.21. The van der Waals surface area contributed by atoms with Crippen LogP contribution in [0.4, 0.5) is 0 Å². The molecule has 0 saturated carbocycles. The fraction of sp³-hybridized carbons (Fsp3) is 0.273. The van der Waals surface area contributed by atoms with Crippen molar-refractivity contribution in [3.63, 3.8) is 0 Å². The summed E-state index contributed by atoms with van der Waals surface area (Å²) >= 11 is 0. The minimum atomic E-state index is -0.625. The quantitative estimate of drug-likeness (QED) is 0.587. The van der Waals surface area contributed by atoms with E-state index >= 15 is 0 Å². The fourth-order valence-electron chi connectivity index (χ4n) is 2.62. The van der Waals surface area contributed by atoms with Crippen LogP contribution in [0.3, 0.4) is 0 Å². The number of nitrogens with zero attached hydrogens (tertiary/aromatic N) is 1. The van der Waals surface area contributed by atoms with Crippen molar-refractivity contribution < 1.29 is 24.2 Å². The van der Waals surface area contributed by atoms with Gasteiger partial charge in [0.05, 0.1) is 7.11 Å². The van der Waals surface area contributed by atoms with Gasteiger partial charge < -0.3 is 19.5 Å². The molecule has 0 atom stereocenters. The van der Waals surface area contributed by atoms with Gasteiger partial charge in [-0.3, -0.25) is 4.79 Å². The van der Waals surface area contributed by atoms with E-state index in [-0.39, 0.29) is 18.3 Å². The normalized spacial score (nSPS) is 10.7. The molecule has 148 valence electrons. The number of ether oxygens (including phenoxy) is 2. The van der Waals surface area contributed by atoms with Gasteiger partial charge in [-0.2, -0.15) is 0 Å². The summed E-state index contributed by atoms with van der Waals surface area (Å²) in [5.41, 5.74) is 3.99. The summed E-state index contributed by atoms with van der Waals surface area (Å²) in [7, 11) is 3.12. The molecule has 0 spiro atoms. The summed E-state index contributed by atoms with van der Waals surface area (Å²) in [4.78, 5) is 25.6. The van der Waals surface area contributed by atoms with Gasteiger partial charge in [-0.25, -0.2) is 4.79 Å². The molecule has 28 heavy (non-hydrogen) atoms. The van der Waals surface area contributed by atoms with Crippen molar-refractivity contribution in [1.82, 2.24) is 4.90 Å². The molecule has 1 amide bonds. The highest BCUT2D eigenvalue weighted by molar-refractivity contribution is 5.89. The Morgan fingerprint density at radius 2 is 1.89 bits per heavy atom. The van der Waals surface area contributed by atoms with E-state index in [1.165, 1.54) is 35.8 Å². The zero-order chi connectivity index (χ0) is 20.7. The molecule has 0 unspecified atom stereocenters. The maximum atomic E-state index is 12.2. The minimum absolute atomic E-state index is 0.0136. The predicted octanol–water partition coefficient (Wildman–Crippen LogP) is 3.23. The van der Waals surface area contributed by atoms with Crippen LogP contribution in [-0.4, -0.2) is 42.6 Å². The van der Waals surface area contributed by atoms with Crippen LogP contribution >= 0.6 is 0 Å². The lowest BCUT2D eigenvalue weighted by atomic mass is 10.1. The second kappa shape index (κ2) is 9.60. The third-order valence-corrected chi connectivity index (χ3v) is 4.28. The molecule has 0 aliphatic rings. The zero-order valence-corrected chi connectivity index (χ0v) is 16.6. The lowest BCUT2D eigenvalue weighted by molar-refractivity contribution is -0.147. The molecule has 2 aromatic rings. The van der Waals surface area contributed by atoms with E-state index in [0.717, 1.165) is 11.1 Å². The Hall–Kier alpha value is -3.28. The predicted molar refractivity (Wildman–Crippen MR) is 107 cm³/mol. The molecular formula is C22H25NO5. The standard InChI is InChI=1S/C22H25NO5/c1-15-5-8-18(16(2)11-15)13-23(3)21(25)14-28-22(26)10-7-17-6-9-19(24)20(12-17)27-4/h5-12,24H,13-14H2,1-4H3/b10-7+. The lowest BCUT2D eigenvalue weighted by Crippen LogP contribution is -2.30. The number of aromatic hydroxyl groups is 1. The molecular weight excluding hydrogens is 358 g/mol. The van der Waals surface area contributed by atoms with Crippen LogP contribution < -0.4 is 4.74 Å². The monoisotopic (exact) mass is 383 g/mol. The number of esters is 1. The second-order valence-corrected chi connectivity index (χ2v) is 6.55. The lowest BCUT2D eigenvalue weighted by Gasteiger charge is -2.18. The number of hydrogen-bond donors (Lipinski definition) is 1. The maximum absolute atomic E-state index is 12.2. The van der Waals surface area contributed by atoms with Crippen LogP contribution in [0.5, 0.6) is 11.5 Å². The van der Waals surface area contributed by atoms with Gasteiger partial charge in [0.25, 0.3) is 5.91 Å². The number of amides is 1. The van der Waals surface area contributed by atoms with Crippen LogP contribution in [0, 0.1) is 13.8 Å². The van der Waals surface area contributed by atoms with Crippen molar-refractivity contribution in [2.24, 2.45) is 0 Å². The van der Waals surface area contributed by atoms with Gasteiger partial charge in [0, 0.05) is 19.7 Å². The van der Waals surface area contributed by atoms with Gasteiger partial charge in [0.1, 0.15) is 0 Å². The Bertz CT molecular complexity index is 888. The molecule has 6 heteroatoms. The fourth-order valence-corrected chi connectivity index (χ4v) is 2.62. The molecule has 0 saturated heterocycles. The smallest absolute Gasteiger partial charge is 0.331 e. The number of phenols is 1. The minimum Gasteiger partial charge on any atom is -0.504 e. The first kappa shape index (κ1) is 21.0. The average Bonchev–Trinajstić information content (AvgIpc) is 2.67. The molecule has 2 rings (SSSR count). The van der Waals surface area contributed by atoms with Crippen molar-refractivity contribution in [2.45, 2.75) is 20.4 Å². The third-order valence-electron chi connectivity index (χ3n) is 4.28. The summed E-state index contributed by atoms with van der Waals surface area (Å²) in [5, 5.41) is 9.56. The van der Waals surface area contributed by atoms with Crippen LogP contribution in [0.1, 0.15) is 22.3 Å². The average molecular weight is 383 g/mol. The molecule has 1 N–H and O–H groups in total. The summed E-state index contributed by atoms with van der Waals surface area (Å²) < 4.78 is 10.0.